The van der Waals surface area contributed by atoms with Gasteiger partial charge in [0.05, 0.1) is 26.3 Å². The van der Waals surface area contributed by atoms with E-state index in [0.717, 1.165) is 32.5 Å². The molecule has 2 aromatic carbocycles. The second kappa shape index (κ2) is 4.43. The van der Waals surface area contributed by atoms with Crippen molar-refractivity contribution in [2.75, 3.05) is 4.90 Å². The number of nitrogens with zero attached hydrogens (tertiary/aromatic N) is 2. The molecule has 4 nitrogen and oxygen atoms in total. The van der Waals surface area contributed by atoms with E-state index in [-0.39, 0.29) is 0 Å². The van der Waals surface area contributed by atoms with Crippen molar-refractivity contribution in [1.29, 1.82) is 0 Å². The lowest BCUT2D eigenvalue weighted by Gasteiger charge is -2.36. The van der Waals surface area contributed by atoms with Crippen molar-refractivity contribution >= 4 is 28.0 Å². The van der Waals surface area contributed by atoms with E-state index in [9.17, 15) is 4.21 Å². The Morgan fingerprint density at radius 2 is 1.91 bits per heavy atom. The summed E-state index contributed by atoms with van der Waals surface area (Å²) in [7, 11) is -1.26. The molecule has 0 bridgehead atoms. The van der Waals surface area contributed by atoms with E-state index in [1.165, 1.54) is 0 Å². The molecule has 0 saturated carbocycles. The summed E-state index contributed by atoms with van der Waals surface area (Å²) in [4.78, 5) is 8.05. The molecule has 0 N–H and O–H groups in total. The zero-order valence-electron chi connectivity index (χ0n) is 12.3. The molecule has 1 atom stereocenters. The van der Waals surface area contributed by atoms with E-state index in [0.29, 0.717) is 11.6 Å². The van der Waals surface area contributed by atoms with Crippen LogP contribution in [-0.2, 0) is 10.8 Å². The molecule has 23 heavy (non-hydrogen) atoms. The SMILES string of the molecule is Cc1ccc2c(c1)N1c3ncccc3S(=O)c3cccc(c31)O2. The molecule has 0 spiro atoms. The van der Waals surface area contributed by atoms with Gasteiger partial charge in [-0.05, 0) is 48.9 Å². The van der Waals surface area contributed by atoms with Crippen LogP contribution < -0.4 is 9.64 Å². The molecule has 3 heterocycles. The van der Waals surface area contributed by atoms with Gasteiger partial charge in [-0.15, -0.1) is 0 Å². The molecular formula is C18H12N2O2S. The Balaban J connectivity index is 1.91. The normalized spacial score (nSPS) is 16.9. The van der Waals surface area contributed by atoms with E-state index in [1.54, 1.807) is 6.20 Å². The number of ether oxygens (including phenoxy) is 1. The zero-order valence-corrected chi connectivity index (χ0v) is 13.1. The lowest BCUT2D eigenvalue weighted by atomic mass is 10.1. The number of hydrogen-bond donors (Lipinski definition) is 0. The molecule has 0 amide bonds. The molecule has 2 aliphatic heterocycles. The monoisotopic (exact) mass is 320 g/mol. The van der Waals surface area contributed by atoms with Gasteiger partial charge in [0.25, 0.3) is 0 Å². The zero-order chi connectivity index (χ0) is 15.6. The number of benzene rings is 2. The van der Waals surface area contributed by atoms with Gasteiger partial charge >= 0.3 is 0 Å². The minimum Gasteiger partial charge on any atom is -0.453 e. The van der Waals surface area contributed by atoms with E-state index < -0.39 is 10.8 Å². The Hall–Kier alpha value is -2.66. The standard InChI is InChI=1S/C18H12N2O2S/c1-11-7-8-13-12(10-11)20-17-14(22-13)4-2-5-15(17)23(21)16-6-3-9-19-18(16)20/h2-10H,1H3. The number of aromatic nitrogens is 1. The number of pyridine rings is 1. The van der Waals surface area contributed by atoms with Crippen LogP contribution in [-0.4, -0.2) is 9.19 Å². The predicted molar refractivity (Wildman–Crippen MR) is 88.4 cm³/mol. The summed E-state index contributed by atoms with van der Waals surface area (Å²) in [6.45, 7) is 2.04. The highest BCUT2D eigenvalue weighted by atomic mass is 32.2. The molecule has 112 valence electrons. The minimum absolute atomic E-state index is 0.709. The quantitative estimate of drug-likeness (QED) is 0.423. The number of rotatable bonds is 0. The highest BCUT2D eigenvalue weighted by molar-refractivity contribution is 7.85. The Labute approximate surface area is 135 Å². The van der Waals surface area contributed by atoms with Gasteiger partial charge in [-0.1, -0.05) is 12.1 Å². The maximum Gasteiger partial charge on any atom is 0.154 e. The summed E-state index contributed by atoms with van der Waals surface area (Å²) in [5.74, 6) is 2.20. The van der Waals surface area contributed by atoms with Crippen LogP contribution in [0.15, 0.2) is 64.5 Å². The van der Waals surface area contributed by atoms with Crippen molar-refractivity contribution < 1.29 is 8.95 Å². The van der Waals surface area contributed by atoms with Gasteiger partial charge in [0.2, 0.25) is 0 Å². The van der Waals surface area contributed by atoms with Gasteiger partial charge < -0.3 is 4.74 Å². The van der Waals surface area contributed by atoms with Crippen LogP contribution in [0.25, 0.3) is 0 Å². The Morgan fingerprint density at radius 1 is 1.04 bits per heavy atom. The summed E-state index contributed by atoms with van der Waals surface area (Å²) in [5.41, 5.74) is 2.90. The van der Waals surface area contributed by atoms with Crippen molar-refractivity contribution in [3.05, 3.63) is 60.3 Å². The summed E-state index contributed by atoms with van der Waals surface area (Å²) in [5, 5.41) is 0. The highest BCUT2D eigenvalue weighted by Gasteiger charge is 2.36. The number of hydrogen-bond acceptors (Lipinski definition) is 4. The summed E-state index contributed by atoms with van der Waals surface area (Å²) < 4.78 is 19.0. The number of anilines is 3. The third-order valence-electron chi connectivity index (χ3n) is 4.12. The number of aryl methyl sites for hydroxylation is 1. The fourth-order valence-corrected chi connectivity index (χ4v) is 4.43. The summed E-state index contributed by atoms with van der Waals surface area (Å²) in [6, 6.07) is 15.4. The molecule has 1 aromatic heterocycles. The van der Waals surface area contributed by atoms with Gasteiger partial charge in [-0.2, -0.15) is 0 Å². The average Bonchev–Trinajstić information content (AvgIpc) is 2.58. The lowest BCUT2D eigenvalue weighted by Crippen LogP contribution is -2.24. The van der Waals surface area contributed by atoms with Crippen molar-refractivity contribution in [2.45, 2.75) is 16.7 Å². The van der Waals surface area contributed by atoms with Crippen molar-refractivity contribution in [3.63, 3.8) is 0 Å². The molecule has 0 radical (unpaired) electrons. The van der Waals surface area contributed by atoms with Crippen molar-refractivity contribution in [2.24, 2.45) is 0 Å². The van der Waals surface area contributed by atoms with Crippen LogP contribution in [0.2, 0.25) is 0 Å². The van der Waals surface area contributed by atoms with Gasteiger partial charge in [-0.3, -0.25) is 4.90 Å². The molecule has 1 unspecified atom stereocenters. The molecule has 2 aliphatic rings. The Bertz CT molecular complexity index is 1000. The Morgan fingerprint density at radius 3 is 2.83 bits per heavy atom. The summed E-state index contributed by atoms with van der Waals surface area (Å²) in [6.07, 6.45) is 1.73. The fraction of sp³-hybridized carbons (Fsp3) is 0.0556. The number of para-hydroxylation sites is 1. The number of fused-ring (bicyclic) bond motifs is 4. The molecule has 5 rings (SSSR count). The summed E-state index contributed by atoms with van der Waals surface area (Å²) >= 11 is 0. The van der Waals surface area contributed by atoms with Crippen LogP contribution >= 0.6 is 0 Å². The van der Waals surface area contributed by atoms with E-state index in [1.807, 2.05) is 49.4 Å². The first-order valence-corrected chi connectivity index (χ1v) is 8.47. The van der Waals surface area contributed by atoms with E-state index in [4.69, 9.17) is 4.74 Å². The first-order chi connectivity index (χ1) is 11.2. The van der Waals surface area contributed by atoms with Crippen molar-refractivity contribution in [3.8, 4) is 11.5 Å². The third kappa shape index (κ3) is 1.65. The van der Waals surface area contributed by atoms with Gasteiger partial charge in [0, 0.05) is 6.20 Å². The van der Waals surface area contributed by atoms with Gasteiger partial charge in [-0.25, -0.2) is 9.19 Å². The first kappa shape index (κ1) is 12.8. The molecule has 0 aliphatic carbocycles. The molecular weight excluding hydrogens is 308 g/mol. The second-order valence-electron chi connectivity index (χ2n) is 5.61. The van der Waals surface area contributed by atoms with Crippen LogP contribution in [0.1, 0.15) is 5.56 Å². The topological polar surface area (TPSA) is 42.4 Å². The second-order valence-corrected chi connectivity index (χ2v) is 7.02. The first-order valence-electron chi connectivity index (χ1n) is 7.32. The lowest BCUT2D eigenvalue weighted by molar-refractivity contribution is 0.474. The van der Waals surface area contributed by atoms with Gasteiger partial charge in [0.1, 0.15) is 5.69 Å². The van der Waals surface area contributed by atoms with Crippen LogP contribution in [0.4, 0.5) is 17.2 Å². The molecule has 0 fully saturated rings. The van der Waals surface area contributed by atoms with Crippen LogP contribution in [0.5, 0.6) is 11.5 Å². The smallest absolute Gasteiger partial charge is 0.154 e. The fourth-order valence-electron chi connectivity index (χ4n) is 3.12. The Kier molecular flexibility index (Phi) is 2.47. The maximum absolute atomic E-state index is 12.9. The van der Waals surface area contributed by atoms with Gasteiger partial charge in [0.15, 0.2) is 17.3 Å². The van der Waals surface area contributed by atoms with Crippen LogP contribution in [0.3, 0.4) is 0 Å². The molecule has 5 heteroatoms. The molecule has 0 saturated heterocycles. The highest BCUT2D eigenvalue weighted by Crippen LogP contribution is 2.56. The molecule has 3 aromatic rings. The predicted octanol–water partition coefficient (Wildman–Crippen LogP) is 4.45. The largest absolute Gasteiger partial charge is 0.453 e. The maximum atomic E-state index is 12.9. The third-order valence-corrected chi connectivity index (χ3v) is 5.57. The van der Waals surface area contributed by atoms with Crippen LogP contribution in [0, 0.1) is 6.92 Å². The van der Waals surface area contributed by atoms with E-state index in [2.05, 4.69) is 16.0 Å². The van der Waals surface area contributed by atoms with E-state index >= 15 is 0 Å². The average molecular weight is 320 g/mol. The van der Waals surface area contributed by atoms with Crippen molar-refractivity contribution in [1.82, 2.24) is 4.98 Å². The minimum atomic E-state index is -1.26.